The zero-order chi connectivity index (χ0) is 13.1. The summed E-state index contributed by atoms with van der Waals surface area (Å²) in [6.07, 6.45) is 2.96. The molecule has 0 aromatic carbocycles. The second-order valence-electron chi connectivity index (χ2n) is 4.28. The molecule has 0 bridgehead atoms. The van der Waals surface area contributed by atoms with Gasteiger partial charge in [-0.2, -0.15) is 0 Å². The third kappa shape index (κ3) is 2.56. The number of likely N-dealkylation sites (tertiary alicyclic amines) is 1. The van der Waals surface area contributed by atoms with Crippen LogP contribution in [0.15, 0.2) is 30.5 Å². The van der Waals surface area contributed by atoms with Gasteiger partial charge in [0.05, 0.1) is 0 Å². The number of carbonyl (C=O) groups is 2. The summed E-state index contributed by atoms with van der Waals surface area (Å²) in [6, 6.07) is 2.85. The summed E-state index contributed by atoms with van der Waals surface area (Å²) in [6.45, 7) is 5.17. The summed E-state index contributed by atoms with van der Waals surface area (Å²) in [5, 5.41) is 8.84. The van der Waals surface area contributed by atoms with Gasteiger partial charge in [0.25, 0.3) is 5.91 Å². The molecule has 1 saturated heterocycles. The Balaban J connectivity index is 2.16. The molecule has 1 N–H and O–H groups in total. The molecule has 1 amide bonds. The quantitative estimate of drug-likeness (QED) is 0.804. The smallest absolute Gasteiger partial charge is 0.354 e. The number of carbonyl (C=O) groups excluding carboxylic acids is 1. The van der Waals surface area contributed by atoms with Crippen molar-refractivity contribution in [1.29, 1.82) is 0 Å². The monoisotopic (exact) mass is 246 g/mol. The number of nitrogens with zero attached hydrogens (tertiary/aromatic N) is 2. The number of hydrogen-bond donors (Lipinski definition) is 1. The second kappa shape index (κ2) is 5.00. The number of rotatable bonds is 2. The van der Waals surface area contributed by atoms with Crippen molar-refractivity contribution in [2.75, 3.05) is 13.1 Å². The summed E-state index contributed by atoms with van der Waals surface area (Å²) in [7, 11) is 0. The summed E-state index contributed by atoms with van der Waals surface area (Å²) >= 11 is 0. The van der Waals surface area contributed by atoms with Crippen molar-refractivity contribution >= 4 is 11.9 Å². The topological polar surface area (TPSA) is 70.5 Å². The minimum Gasteiger partial charge on any atom is -0.477 e. The lowest BCUT2D eigenvalue weighted by molar-refractivity contribution is 0.0690. The van der Waals surface area contributed by atoms with E-state index in [0.717, 1.165) is 18.4 Å². The molecular formula is C13H14N2O3. The fourth-order valence-corrected chi connectivity index (χ4v) is 1.89. The highest BCUT2D eigenvalue weighted by Crippen LogP contribution is 2.16. The summed E-state index contributed by atoms with van der Waals surface area (Å²) in [5.41, 5.74) is 1.41. The normalized spacial score (nSPS) is 15.6. The predicted octanol–water partition coefficient (Wildman–Crippen LogP) is 1.57. The molecule has 2 rings (SSSR count). The molecule has 1 fully saturated rings. The lowest BCUT2D eigenvalue weighted by atomic mass is 10.0. The number of pyridine rings is 1. The molecular weight excluding hydrogens is 232 g/mol. The van der Waals surface area contributed by atoms with Gasteiger partial charge in [-0.3, -0.25) is 4.79 Å². The van der Waals surface area contributed by atoms with Crippen molar-refractivity contribution < 1.29 is 14.7 Å². The van der Waals surface area contributed by atoms with Crippen LogP contribution in [0.3, 0.4) is 0 Å². The van der Waals surface area contributed by atoms with E-state index in [1.54, 1.807) is 4.90 Å². The average Bonchev–Trinajstić information content (AvgIpc) is 2.39. The third-order valence-corrected chi connectivity index (χ3v) is 2.98. The van der Waals surface area contributed by atoms with Gasteiger partial charge < -0.3 is 10.0 Å². The van der Waals surface area contributed by atoms with Gasteiger partial charge in [0, 0.05) is 24.8 Å². The Morgan fingerprint density at radius 2 is 2.00 bits per heavy atom. The van der Waals surface area contributed by atoms with Crippen molar-refractivity contribution in [3.63, 3.8) is 0 Å². The molecule has 5 heteroatoms. The molecule has 0 aliphatic carbocycles. The molecule has 0 atom stereocenters. The molecule has 18 heavy (non-hydrogen) atoms. The van der Waals surface area contributed by atoms with Crippen LogP contribution in [0.1, 0.15) is 33.7 Å². The third-order valence-electron chi connectivity index (χ3n) is 2.98. The first-order valence-electron chi connectivity index (χ1n) is 5.73. The summed E-state index contributed by atoms with van der Waals surface area (Å²) in [4.78, 5) is 28.4. The van der Waals surface area contributed by atoms with E-state index in [4.69, 9.17) is 5.11 Å². The summed E-state index contributed by atoms with van der Waals surface area (Å²) < 4.78 is 0. The van der Waals surface area contributed by atoms with Crippen molar-refractivity contribution in [3.05, 3.63) is 41.7 Å². The van der Waals surface area contributed by atoms with Gasteiger partial charge in [0.2, 0.25) is 0 Å². The fourth-order valence-electron chi connectivity index (χ4n) is 1.89. The molecule has 0 unspecified atom stereocenters. The van der Waals surface area contributed by atoms with Gasteiger partial charge in [-0.05, 0) is 25.0 Å². The molecule has 2 heterocycles. The van der Waals surface area contributed by atoms with Crippen LogP contribution >= 0.6 is 0 Å². The van der Waals surface area contributed by atoms with Gasteiger partial charge >= 0.3 is 5.97 Å². The molecule has 0 spiro atoms. The van der Waals surface area contributed by atoms with E-state index >= 15 is 0 Å². The maximum absolute atomic E-state index is 12.2. The van der Waals surface area contributed by atoms with Gasteiger partial charge in [0.1, 0.15) is 5.69 Å². The highest BCUT2D eigenvalue weighted by Gasteiger charge is 2.20. The lowest BCUT2D eigenvalue weighted by Crippen LogP contribution is -2.36. The zero-order valence-corrected chi connectivity index (χ0v) is 9.93. The fraction of sp³-hybridized carbons (Fsp3) is 0.308. The Hall–Kier alpha value is -2.17. The van der Waals surface area contributed by atoms with Crippen LogP contribution in [-0.2, 0) is 0 Å². The summed E-state index contributed by atoms with van der Waals surface area (Å²) in [5.74, 6) is -1.27. The Kier molecular flexibility index (Phi) is 3.41. The van der Waals surface area contributed by atoms with Crippen molar-refractivity contribution in [2.24, 2.45) is 0 Å². The number of amides is 1. The van der Waals surface area contributed by atoms with Crippen LogP contribution in [-0.4, -0.2) is 40.0 Å². The van der Waals surface area contributed by atoms with Crippen LogP contribution in [0.5, 0.6) is 0 Å². The maximum Gasteiger partial charge on any atom is 0.354 e. The van der Waals surface area contributed by atoms with E-state index in [1.165, 1.54) is 18.3 Å². The van der Waals surface area contributed by atoms with Gasteiger partial charge in [-0.25, -0.2) is 9.78 Å². The number of piperidine rings is 1. The highest BCUT2D eigenvalue weighted by molar-refractivity contribution is 5.96. The molecule has 1 aromatic rings. The van der Waals surface area contributed by atoms with Crippen LogP contribution in [0.4, 0.5) is 0 Å². The lowest BCUT2D eigenvalue weighted by Gasteiger charge is -2.28. The number of hydrogen-bond acceptors (Lipinski definition) is 3. The Bertz CT molecular complexity index is 501. The molecule has 1 aliphatic heterocycles. The van der Waals surface area contributed by atoms with Crippen molar-refractivity contribution in [3.8, 4) is 0 Å². The minimum atomic E-state index is -1.13. The Morgan fingerprint density at radius 1 is 1.33 bits per heavy atom. The molecule has 0 saturated carbocycles. The first-order valence-corrected chi connectivity index (χ1v) is 5.73. The zero-order valence-electron chi connectivity index (χ0n) is 9.93. The molecule has 0 radical (unpaired) electrons. The maximum atomic E-state index is 12.2. The van der Waals surface area contributed by atoms with E-state index in [9.17, 15) is 9.59 Å². The molecule has 94 valence electrons. The second-order valence-corrected chi connectivity index (χ2v) is 4.28. The highest BCUT2D eigenvalue weighted by atomic mass is 16.4. The SMILES string of the molecule is C=C1CCN(C(=O)c2ccnc(C(=O)O)c2)CC1. The average molecular weight is 246 g/mol. The first-order chi connectivity index (χ1) is 8.58. The van der Waals surface area contributed by atoms with Crippen molar-refractivity contribution in [2.45, 2.75) is 12.8 Å². The number of aromatic nitrogens is 1. The van der Waals surface area contributed by atoms with Crippen LogP contribution < -0.4 is 0 Å². The van der Waals surface area contributed by atoms with Crippen LogP contribution in [0.25, 0.3) is 0 Å². The van der Waals surface area contributed by atoms with E-state index < -0.39 is 5.97 Å². The standard InChI is InChI=1S/C13H14N2O3/c1-9-3-6-15(7-4-9)12(16)10-2-5-14-11(8-10)13(17)18/h2,5,8H,1,3-4,6-7H2,(H,17,18). The molecule has 5 nitrogen and oxygen atoms in total. The van der Waals surface area contributed by atoms with Crippen LogP contribution in [0, 0.1) is 0 Å². The number of carboxylic acids is 1. The molecule has 1 aliphatic rings. The van der Waals surface area contributed by atoms with Gasteiger partial charge in [-0.1, -0.05) is 12.2 Å². The number of aromatic carboxylic acids is 1. The number of carboxylic acid groups (broad SMARTS) is 1. The van der Waals surface area contributed by atoms with Crippen molar-refractivity contribution in [1.82, 2.24) is 9.88 Å². The minimum absolute atomic E-state index is 0.109. The Morgan fingerprint density at radius 3 is 2.61 bits per heavy atom. The van der Waals surface area contributed by atoms with E-state index in [2.05, 4.69) is 11.6 Å². The van der Waals surface area contributed by atoms with Crippen LogP contribution in [0.2, 0.25) is 0 Å². The van der Waals surface area contributed by atoms with E-state index in [-0.39, 0.29) is 11.6 Å². The van der Waals surface area contributed by atoms with Gasteiger partial charge in [0.15, 0.2) is 0 Å². The first kappa shape index (κ1) is 12.3. The largest absolute Gasteiger partial charge is 0.477 e. The van der Waals surface area contributed by atoms with E-state index in [0.29, 0.717) is 18.7 Å². The Labute approximate surface area is 105 Å². The van der Waals surface area contributed by atoms with Gasteiger partial charge in [-0.15, -0.1) is 0 Å². The predicted molar refractivity (Wildman–Crippen MR) is 65.5 cm³/mol. The molecule has 1 aromatic heterocycles. The van der Waals surface area contributed by atoms with E-state index in [1.807, 2.05) is 0 Å².